The number of nitrogens with one attached hydrogen (secondary N) is 2. The molecule has 0 spiro atoms. The lowest BCUT2D eigenvalue weighted by Crippen LogP contribution is -2.36. The number of ketones is 1. The zero-order valence-corrected chi connectivity index (χ0v) is 17.6. The summed E-state index contributed by atoms with van der Waals surface area (Å²) in [6.07, 6.45) is -0.819. The predicted octanol–water partition coefficient (Wildman–Crippen LogP) is 1.86. The Morgan fingerprint density at radius 3 is 2.47 bits per heavy atom. The second-order valence-electron chi connectivity index (χ2n) is 6.55. The van der Waals surface area contributed by atoms with E-state index in [9.17, 15) is 19.5 Å². The number of amides is 1. The molecule has 1 amide bonds. The van der Waals surface area contributed by atoms with E-state index in [2.05, 4.69) is 10.3 Å². The number of H-pyrrole nitrogens is 1. The van der Waals surface area contributed by atoms with Crippen molar-refractivity contribution in [3.05, 3.63) is 35.2 Å². The second kappa shape index (κ2) is 9.93. The zero-order chi connectivity index (χ0) is 22.4. The number of methoxy groups -OCH3 is 2. The van der Waals surface area contributed by atoms with E-state index in [1.54, 1.807) is 32.0 Å². The average Bonchev–Trinajstić information content (AvgIpc) is 3.07. The third-order valence-electron chi connectivity index (χ3n) is 4.33. The zero-order valence-electron chi connectivity index (χ0n) is 17.6. The lowest BCUT2D eigenvalue weighted by molar-refractivity contribution is -0.117. The van der Waals surface area contributed by atoms with Gasteiger partial charge in [0, 0.05) is 23.4 Å². The number of aryl methyl sites for hydroxylation is 1. The topological polar surface area (TPSA) is 127 Å². The van der Waals surface area contributed by atoms with E-state index in [1.807, 2.05) is 0 Å². The maximum atomic E-state index is 12.9. The summed E-state index contributed by atoms with van der Waals surface area (Å²) in [4.78, 5) is 40.8. The summed E-state index contributed by atoms with van der Waals surface area (Å²) >= 11 is 0. The van der Waals surface area contributed by atoms with Crippen LogP contribution in [0.15, 0.2) is 18.2 Å². The first-order valence-corrected chi connectivity index (χ1v) is 9.37. The summed E-state index contributed by atoms with van der Waals surface area (Å²) in [6, 6.07) is 4.91. The van der Waals surface area contributed by atoms with Crippen LogP contribution in [0.5, 0.6) is 11.5 Å². The smallest absolute Gasteiger partial charge is 0.340 e. The van der Waals surface area contributed by atoms with Crippen LogP contribution in [-0.2, 0) is 9.53 Å². The number of benzene rings is 1. The Balaban J connectivity index is 2.71. The molecule has 0 saturated carbocycles. The number of carbonyl (C=O) groups is 3. The number of carbonyl (C=O) groups excluding carboxylic acids is 3. The number of aromatic nitrogens is 1. The van der Waals surface area contributed by atoms with Crippen LogP contribution in [0.25, 0.3) is 11.1 Å². The molecule has 0 aliphatic heterocycles. The predicted molar refractivity (Wildman–Crippen MR) is 109 cm³/mol. The maximum Gasteiger partial charge on any atom is 0.340 e. The van der Waals surface area contributed by atoms with Crippen molar-refractivity contribution < 1.29 is 33.7 Å². The Hall–Kier alpha value is -3.33. The van der Waals surface area contributed by atoms with E-state index < -0.39 is 23.8 Å². The Morgan fingerprint density at radius 1 is 1.20 bits per heavy atom. The van der Waals surface area contributed by atoms with Crippen molar-refractivity contribution in [3.8, 4) is 22.6 Å². The quantitative estimate of drug-likeness (QED) is 0.322. The third-order valence-corrected chi connectivity index (χ3v) is 4.33. The van der Waals surface area contributed by atoms with Crippen LogP contribution >= 0.6 is 0 Å². The molecule has 9 nitrogen and oxygen atoms in total. The average molecular weight is 418 g/mol. The minimum atomic E-state index is -0.921. The molecule has 2 aromatic rings. The van der Waals surface area contributed by atoms with Gasteiger partial charge in [0.25, 0.3) is 11.7 Å². The van der Waals surface area contributed by atoms with Crippen LogP contribution < -0.4 is 14.8 Å². The molecule has 1 heterocycles. The third kappa shape index (κ3) is 4.80. The molecular weight excluding hydrogens is 392 g/mol. The molecule has 9 heteroatoms. The van der Waals surface area contributed by atoms with Crippen LogP contribution in [0.1, 0.15) is 40.4 Å². The second-order valence-corrected chi connectivity index (χ2v) is 6.55. The van der Waals surface area contributed by atoms with Gasteiger partial charge in [0.15, 0.2) is 0 Å². The summed E-state index contributed by atoms with van der Waals surface area (Å²) in [5.74, 6) is -1.62. The minimum absolute atomic E-state index is 0.0905. The SMILES string of the molecule is CCOC(=O)c1c(C)[nH]c(C(=O)C(=O)NC[C@H](C)O)c1-c1cc(OC)ccc1OC. The molecule has 1 aromatic heterocycles. The molecule has 162 valence electrons. The number of Topliss-reactive ketones (excluding diaryl/α,β-unsaturated/α-hetero) is 1. The van der Waals surface area contributed by atoms with Crippen molar-refractivity contribution in [3.63, 3.8) is 0 Å². The first-order chi connectivity index (χ1) is 14.2. The molecule has 1 aromatic carbocycles. The number of esters is 1. The van der Waals surface area contributed by atoms with Crippen LogP contribution in [0, 0.1) is 6.92 Å². The van der Waals surface area contributed by atoms with Crippen LogP contribution in [0.2, 0.25) is 0 Å². The molecule has 1 atom stereocenters. The van der Waals surface area contributed by atoms with Gasteiger partial charge in [0.05, 0.1) is 32.5 Å². The fourth-order valence-corrected chi connectivity index (χ4v) is 2.97. The summed E-state index contributed by atoms with van der Waals surface area (Å²) in [5, 5.41) is 11.7. The molecule has 0 aliphatic rings. The first kappa shape index (κ1) is 23.0. The van der Waals surface area contributed by atoms with Gasteiger partial charge in [0.2, 0.25) is 0 Å². The number of hydrogen-bond acceptors (Lipinski definition) is 7. The Morgan fingerprint density at radius 2 is 1.90 bits per heavy atom. The van der Waals surface area contributed by atoms with E-state index >= 15 is 0 Å². The highest BCUT2D eigenvalue weighted by molar-refractivity contribution is 6.44. The Bertz CT molecular complexity index is 947. The number of hydrogen-bond donors (Lipinski definition) is 3. The van der Waals surface area contributed by atoms with Gasteiger partial charge in [0.1, 0.15) is 17.2 Å². The van der Waals surface area contributed by atoms with Crippen molar-refractivity contribution in [2.75, 3.05) is 27.4 Å². The van der Waals surface area contributed by atoms with E-state index in [0.29, 0.717) is 22.8 Å². The lowest BCUT2D eigenvalue weighted by atomic mass is 9.97. The van der Waals surface area contributed by atoms with Crippen LogP contribution in [0.4, 0.5) is 0 Å². The Labute approximate surface area is 174 Å². The van der Waals surface area contributed by atoms with Gasteiger partial charge in [-0.25, -0.2) is 4.79 Å². The van der Waals surface area contributed by atoms with Gasteiger partial charge < -0.3 is 29.6 Å². The van der Waals surface area contributed by atoms with Crippen molar-refractivity contribution >= 4 is 17.7 Å². The van der Waals surface area contributed by atoms with Gasteiger partial charge >= 0.3 is 5.97 Å². The molecule has 0 radical (unpaired) electrons. The minimum Gasteiger partial charge on any atom is -0.497 e. The van der Waals surface area contributed by atoms with Gasteiger partial charge in [-0.1, -0.05) is 0 Å². The van der Waals surface area contributed by atoms with Crippen LogP contribution in [0.3, 0.4) is 0 Å². The summed E-state index contributed by atoms with van der Waals surface area (Å²) in [6.45, 7) is 4.80. The lowest BCUT2D eigenvalue weighted by Gasteiger charge is -2.13. The van der Waals surface area contributed by atoms with Crippen molar-refractivity contribution in [2.24, 2.45) is 0 Å². The molecule has 2 rings (SSSR count). The highest BCUT2D eigenvalue weighted by Crippen LogP contribution is 2.39. The normalized spacial score (nSPS) is 11.5. The van der Waals surface area contributed by atoms with E-state index in [1.165, 1.54) is 21.1 Å². The highest BCUT2D eigenvalue weighted by atomic mass is 16.5. The number of aliphatic hydroxyl groups excluding tert-OH is 1. The van der Waals surface area contributed by atoms with E-state index in [-0.39, 0.29) is 30.0 Å². The van der Waals surface area contributed by atoms with Crippen molar-refractivity contribution in [1.29, 1.82) is 0 Å². The van der Waals surface area contributed by atoms with Gasteiger partial charge in [-0.05, 0) is 39.0 Å². The fraction of sp³-hybridized carbons (Fsp3) is 0.381. The number of rotatable bonds is 9. The molecule has 0 aliphatic carbocycles. The number of aromatic amines is 1. The molecule has 0 bridgehead atoms. The molecule has 0 unspecified atom stereocenters. The highest BCUT2D eigenvalue weighted by Gasteiger charge is 2.31. The van der Waals surface area contributed by atoms with Gasteiger partial charge in [-0.15, -0.1) is 0 Å². The fourth-order valence-electron chi connectivity index (χ4n) is 2.97. The van der Waals surface area contributed by atoms with Crippen molar-refractivity contribution in [2.45, 2.75) is 26.9 Å². The van der Waals surface area contributed by atoms with E-state index in [4.69, 9.17) is 14.2 Å². The monoisotopic (exact) mass is 418 g/mol. The largest absolute Gasteiger partial charge is 0.497 e. The summed E-state index contributed by atoms with van der Waals surface area (Å²) < 4.78 is 15.8. The standard InChI is InChI=1S/C21H26N2O7/c1-6-30-21(27)16-12(3)23-18(19(25)20(26)22-10-11(2)24)17(16)14-9-13(28-4)7-8-15(14)29-5/h7-9,11,23-24H,6,10H2,1-5H3,(H,22,26)/t11-/m0/s1. The maximum absolute atomic E-state index is 12.9. The van der Waals surface area contributed by atoms with Crippen molar-refractivity contribution in [1.82, 2.24) is 10.3 Å². The molecule has 0 saturated heterocycles. The molecule has 0 fully saturated rings. The number of ether oxygens (including phenoxy) is 3. The first-order valence-electron chi connectivity index (χ1n) is 9.37. The van der Waals surface area contributed by atoms with Gasteiger partial charge in [-0.3, -0.25) is 9.59 Å². The Kier molecular flexibility index (Phi) is 7.60. The molecule has 3 N–H and O–H groups in total. The summed E-state index contributed by atoms with van der Waals surface area (Å²) in [5.41, 5.74) is 0.954. The molecule has 30 heavy (non-hydrogen) atoms. The van der Waals surface area contributed by atoms with Crippen LogP contribution in [-0.4, -0.2) is 61.2 Å². The van der Waals surface area contributed by atoms with Gasteiger partial charge in [-0.2, -0.15) is 0 Å². The molecular formula is C21H26N2O7. The van der Waals surface area contributed by atoms with E-state index in [0.717, 1.165) is 0 Å². The summed E-state index contributed by atoms with van der Waals surface area (Å²) in [7, 11) is 2.93. The number of aliphatic hydroxyl groups is 1.